The number of hydrogen-bond donors (Lipinski definition) is 2. The highest BCUT2D eigenvalue weighted by Gasteiger charge is 2.49. The smallest absolute Gasteiger partial charge is 0.232 e. The number of carbonyl (C=O) groups excluding carboxylic acids is 1. The largest absolute Gasteiger partial charge is 0.324 e. The Labute approximate surface area is 154 Å². The maximum atomic E-state index is 12.8. The predicted molar refractivity (Wildman–Crippen MR) is 97.7 cm³/mol. The minimum Gasteiger partial charge on any atom is -0.324 e. The van der Waals surface area contributed by atoms with Crippen LogP contribution in [0.1, 0.15) is 25.7 Å². The van der Waals surface area contributed by atoms with E-state index in [0.717, 1.165) is 38.6 Å². The van der Waals surface area contributed by atoms with Crippen LogP contribution in [0.15, 0.2) is 23.4 Å². The lowest BCUT2D eigenvalue weighted by atomic mass is 9.67. The van der Waals surface area contributed by atoms with Gasteiger partial charge in [-0.3, -0.25) is 4.79 Å². The molecule has 2 fully saturated rings. The van der Waals surface area contributed by atoms with Gasteiger partial charge in [-0.05, 0) is 37.4 Å². The van der Waals surface area contributed by atoms with Gasteiger partial charge in [-0.15, -0.1) is 24.8 Å². The summed E-state index contributed by atoms with van der Waals surface area (Å²) < 4.78 is 22.8. The summed E-state index contributed by atoms with van der Waals surface area (Å²) in [4.78, 5) is 16.7. The molecule has 136 valence electrons. The summed E-state index contributed by atoms with van der Waals surface area (Å²) >= 11 is 0. The Morgan fingerprint density at radius 3 is 2.71 bits per heavy atom. The Morgan fingerprint density at radius 1 is 1.33 bits per heavy atom. The van der Waals surface area contributed by atoms with Gasteiger partial charge in [0, 0.05) is 12.8 Å². The average Bonchev–Trinajstić information content (AvgIpc) is 2.92. The van der Waals surface area contributed by atoms with Gasteiger partial charge >= 0.3 is 0 Å². The summed E-state index contributed by atoms with van der Waals surface area (Å²) in [5.74, 6) is 0.417. The number of nitrogens with zero attached hydrogens (tertiary/aromatic N) is 1. The Morgan fingerprint density at radius 2 is 2.08 bits per heavy atom. The van der Waals surface area contributed by atoms with Crippen LogP contribution in [0.4, 0.5) is 5.69 Å². The van der Waals surface area contributed by atoms with Crippen LogP contribution in [0, 0.1) is 11.3 Å². The van der Waals surface area contributed by atoms with Crippen LogP contribution in [-0.4, -0.2) is 38.7 Å². The predicted octanol–water partition coefficient (Wildman–Crippen LogP) is 2.05. The van der Waals surface area contributed by atoms with E-state index >= 15 is 0 Å². The molecule has 0 bridgehead atoms. The molecule has 1 saturated carbocycles. The van der Waals surface area contributed by atoms with E-state index in [-0.39, 0.29) is 41.2 Å². The van der Waals surface area contributed by atoms with Gasteiger partial charge in [0.2, 0.25) is 5.91 Å². The SMILES string of the molecule is CS(=O)(=O)c1ccc(NC(=O)[C@@]23CCCC[C@H]2CNC3)cn1.Cl.Cl. The molecule has 0 radical (unpaired) electrons. The van der Waals surface area contributed by atoms with Crippen molar-refractivity contribution < 1.29 is 13.2 Å². The summed E-state index contributed by atoms with van der Waals surface area (Å²) in [5, 5.41) is 6.28. The van der Waals surface area contributed by atoms with E-state index in [1.165, 1.54) is 18.7 Å². The summed E-state index contributed by atoms with van der Waals surface area (Å²) in [5.41, 5.74) is 0.219. The van der Waals surface area contributed by atoms with Crippen LogP contribution in [0.2, 0.25) is 0 Å². The van der Waals surface area contributed by atoms with Crippen LogP contribution < -0.4 is 10.6 Å². The van der Waals surface area contributed by atoms with Crippen LogP contribution in [0.5, 0.6) is 0 Å². The lowest BCUT2D eigenvalue weighted by Crippen LogP contribution is -2.44. The minimum atomic E-state index is -3.32. The van der Waals surface area contributed by atoms with E-state index in [9.17, 15) is 13.2 Å². The zero-order valence-corrected chi connectivity index (χ0v) is 15.9. The van der Waals surface area contributed by atoms with Crippen molar-refractivity contribution in [3.05, 3.63) is 18.3 Å². The highest BCUT2D eigenvalue weighted by Crippen LogP contribution is 2.44. The molecule has 0 aromatic carbocycles. The molecule has 9 heteroatoms. The number of sulfone groups is 1. The molecule has 1 aliphatic heterocycles. The summed E-state index contributed by atoms with van der Waals surface area (Å²) in [6.07, 6.45) is 6.79. The monoisotopic (exact) mass is 395 g/mol. The molecule has 1 saturated heterocycles. The Bertz CT molecular complexity index is 682. The molecule has 1 amide bonds. The van der Waals surface area contributed by atoms with E-state index in [1.807, 2.05) is 0 Å². The molecule has 2 atom stereocenters. The zero-order valence-electron chi connectivity index (χ0n) is 13.4. The second-order valence-electron chi connectivity index (χ2n) is 6.34. The van der Waals surface area contributed by atoms with Gasteiger partial charge in [-0.2, -0.15) is 0 Å². The number of halogens is 2. The number of fused-ring (bicyclic) bond motifs is 1. The Hall–Kier alpha value is -0.890. The molecule has 3 rings (SSSR count). The Kier molecular flexibility index (Phi) is 7.04. The Balaban J connectivity index is 0.00000144. The first-order chi connectivity index (χ1) is 10.4. The van der Waals surface area contributed by atoms with Crippen molar-refractivity contribution in [3.63, 3.8) is 0 Å². The third kappa shape index (κ3) is 4.02. The second kappa shape index (κ2) is 7.99. The number of nitrogens with one attached hydrogen (secondary N) is 2. The van der Waals surface area contributed by atoms with Crippen molar-refractivity contribution in [2.24, 2.45) is 11.3 Å². The highest BCUT2D eigenvalue weighted by molar-refractivity contribution is 7.90. The zero-order chi connectivity index (χ0) is 15.8. The van der Waals surface area contributed by atoms with E-state index < -0.39 is 9.84 Å². The number of pyridine rings is 1. The molecule has 2 heterocycles. The van der Waals surface area contributed by atoms with Gasteiger partial charge in [0.15, 0.2) is 14.9 Å². The van der Waals surface area contributed by atoms with Crippen LogP contribution in [0.3, 0.4) is 0 Å². The molecule has 2 N–H and O–H groups in total. The van der Waals surface area contributed by atoms with E-state index in [1.54, 1.807) is 6.07 Å². The van der Waals surface area contributed by atoms with Crippen LogP contribution >= 0.6 is 24.8 Å². The fraction of sp³-hybridized carbons (Fsp3) is 0.600. The third-order valence-electron chi connectivity index (χ3n) is 4.86. The van der Waals surface area contributed by atoms with Crippen molar-refractivity contribution >= 4 is 46.2 Å². The van der Waals surface area contributed by atoms with Gasteiger partial charge < -0.3 is 10.6 Å². The number of carbonyl (C=O) groups is 1. The molecular formula is C15H23Cl2N3O3S. The van der Waals surface area contributed by atoms with Crippen molar-refractivity contribution in [1.82, 2.24) is 10.3 Å². The molecule has 1 aliphatic carbocycles. The van der Waals surface area contributed by atoms with Crippen molar-refractivity contribution in [2.45, 2.75) is 30.7 Å². The van der Waals surface area contributed by atoms with Gasteiger partial charge in [-0.25, -0.2) is 13.4 Å². The average molecular weight is 396 g/mol. The molecule has 1 aromatic heterocycles. The van der Waals surface area contributed by atoms with Crippen molar-refractivity contribution in [2.75, 3.05) is 24.7 Å². The van der Waals surface area contributed by atoms with Crippen molar-refractivity contribution in [3.8, 4) is 0 Å². The number of rotatable bonds is 3. The molecule has 0 unspecified atom stereocenters. The fourth-order valence-electron chi connectivity index (χ4n) is 3.62. The van der Waals surface area contributed by atoms with Gasteiger partial charge in [-0.1, -0.05) is 12.8 Å². The second-order valence-corrected chi connectivity index (χ2v) is 8.30. The number of anilines is 1. The first-order valence-electron chi connectivity index (χ1n) is 7.60. The topological polar surface area (TPSA) is 88.2 Å². The maximum Gasteiger partial charge on any atom is 0.232 e. The lowest BCUT2D eigenvalue weighted by molar-refractivity contribution is -0.128. The maximum absolute atomic E-state index is 12.8. The van der Waals surface area contributed by atoms with Gasteiger partial charge in [0.1, 0.15) is 0 Å². The standard InChI is InChI=1S/C15H21N3O3S.2ClH/c1-22(20,21)13-6-5-12(9-17-13)18-14(19)15-7-3-2-4-11(15)8-16-10-15;;/h5-6,9,11,16H,2-4,7-8,10H2,1H3,(H,18,19);2*1H/t11-,15+;;/m0../s1. The molecule has 6 nitrogen and oxygen atoms in total. The first-order valence-corrected chi connectivity index (χ1v) is 9.49. The van der Waals surface area contributed by atoms with Crippen LogP contribution in [0.25, 0.3) is 0 Å². The third-order valence-corrected chi connectivity index (χ3v) is 5.87. The first kappa shape index (κ1) is 21.2. The molecule has 1 aromatic rings. The summed E-state index contributed by atoms with van der Waals surface area (Å²) in [6, 6.07) is 3.02. The van der Waals surface area contributed by atoms with Crippen molar-refractivity contribution in [1.29, 1.82) is 0 Å². The molecule has 24 heavy (non-hydrogen) atoms. The van der Waals surface area contributed by atoms with Gasteiger partial charge in [0.05, 0.1) is 17.3 Å². The number of hydrogen-bond acceptors (Lipinski definition) is 5. The van der Waals surface area contributed by atoms with E-state index in [0.29, 0.717) is 11.6 Å². The normalized spacial score (nSPS) is 25.8. The quantitative estimate of drug-likeness (QED) is 0.817. The highest BCUT2D eigenvalue weighted by atomic mass is 35.5. The summed E-state index contributed by atoms with van der Waals surface area (Å²) in [7, 11) is -3.32. The van der Waals surface area contributed by atoms with Crippen LogP contribution in [-0.2, 0) is 14.6 Å². The van der Waals surface area contributed by atoms with E-state index in [4.69, 9.17) is 0 Å². The molecule has 2 aliphatic rings. The summed E-state index contributed by atoms with van der Waals surface area (Å²) in [6.45, 7) is 1.62. The van der Waals surface area contributed by atoms with Gasteiger partial charge in [0.25, 0.3) is 0 Å². The fourth-order valence-corrected chi connectivity index (χ4v) is 4.18. The minimum absolute atomic E-state index is 0. The lowest BCUT2D eigenvalue weighted by Gasteiger charge is -2.37. The molecule has 0 spiro atoms. The molecular weight excluding hydrogens is 373 g/mol. The number of aromatic nitrogens is 1. The number of amides is 1. The van der Waals surface area contributed by atoms with E-state index in [2.05, 4.69) is 15.6 Å².